The fraction of sp³-hybridized carbons (Fsp3) is 0.400. The van der Waals surface area contributed by atoms with Gasteiger partial charge in [0.05, 0.1) is 29.0 Å². The minimum Gasteiger partial charge on any atom is -0.399 e. The smallest absolute Gasteiger partial charge is 0.180 e. The molecule has 2 aromatic rings. The van der Waals surface area contributed by atoms with Gasteiger partial charge < -0.3 is 15.4 Å². The van der Waals surface area contributed by atoms with Crippen molar-refractivity contribution in [1.82, 2.24) is 9.55 Å². The number of sulfone groups is 1. The number of nitrogens with two attached hydrogens (primary N) is 1. The molecule has 22 heavy (non-hydrogen) atoms. The summed E-state index contributed by atoms with van der Waals surface area (Å²) in [5, 5.41) is 9.63. The first-order valence-electron chi connectivity index (χ1n) is 7.11. The number of rotatable bonds is 6. The summed E-state index contributed by atoms with van der Waals surface area (Å²) in [7, 11) is -3.52. The highest BCUT2D eigenvalue weighted by Gasteiger charge is 2.23. The number of hydrogen-bond donors (Lipinski definition) is 2. The van der Waals surface area contributed by atoms with Crippen LogP contribution in [0.4, 0.5) is 5.69 Å². The van der Waals surface area contributed by atoms with Gasteiger partial charge in [-0.3, -0.25) is 0 Å². The van der Waals surface area contributed by atoms with Gasteiger partial charge in [0.1, 0.15) is 5.82 Å². The first-order valence-corrected chi connectivity index (χ1v) is 8.76. The summed E-state index contributed by atoms with van der Waals surface area (Å²) >= 11 is 0. The lowest BCUT2D eigenvalue weighted by Gasteiger charge is -2.18. The Hall–Kier alpha value is -1.86. The van der Waals surface area contributed by atoms with Gasteiger partial charge in [0.25, 0.3) is 0 Å². The van der Waals surface area contributed by atoms with E-state index < -0.39 is 15.9 Å². The van der Waals surface area contributed by atoms with Gasteiger partial charge in [0.15, 0.2) is 9.84 Å². The van der Waals surface area contributed by atoms with Crippen LogP contribution in [0.3, 0.4) is 0 Å². The third-order valence-electron chi connectivity index (χ3n) is 3.50. The molecule has 1 aromatic heterocycles. The predicted molar refractivity (Wildman–Crippen MR) is 85.4 cm³/mol. The van der Waals surface area contributed by atoms with Crippen LogP contribution in [-0.2, 0) is 16.3 Å². The number of benzene rings is 1. The summed E-state index contributed by atoms with van der Waals surface area (Å²) < 4.78 is 26.8. The second kappa shape index (κ2) is 6.50. The summed E-state index contributed by atoms with van der Waals surface area (Å²) in [6.07, 6.45) is 2.45. The number of anilines is 1. The lowest BCUT2D eigenvalue weighted by atomic mass is 10.3. The van der Waals surface area contributed by atoms with E-state index in [-0.39, 0.29) is 17.3 Å². The molecule has 1 heterocycles. The van der Waals surface area contributed by atoms with E-state index in [0.717, 1.165) is 11.5 Å². The molecule has 0 aliphatic heterocycles. The molecule has 6 nitrogen and oxygen atoms in total. The van der Waals surface area contributed by atoms with E-state index in [1.807, 2.05) is 13.8 Å². The van der Waals surface area contributed by atoms with Crippen LogP contribution in [0.1, 0.15) is 24.5 Å². The molecule has 120 valence electrons. The van der Waals surface area contributed by atoms with E-state index in [1.165, 1.54) is 12.1 Å². The van der Waals surface area contributed by atoms with Crippen LogP contribution in [-0.4, -0.2) is 35.4 Å². The molecular formula is C15H21N3O3S. The largest absolute Gasteiger partial charge is 0.399 e. The third-order valence-corrected chi connectivity index (χ3v) is 5.31. The number of imidazole rings is 1. The highest BCUT2D eigenvalue weighted by Crippen LogP contribution is 2.20. The number of aliphatic hydroxyl groups excluding tert-OH is 1. The number of aromatic nitrogens is 2. The Morgan fingerprint density at radius 1 is 1.32 bits per heavy atom. The number of hydrogen-bond acceptors (Lipinski definition) is 5. The van der Waals surface area contributed by atoms with Crippen molar-refractivity contribution in [1.29, 1.82) is 0 Å². The maximum Gasteiger partial charge on any atom is 0.180 e. The molecule has 0 fully saturated rings. The first kappa shape index (κ1) is 16.5. The van der Waals surface area contributed by atoms with Crippen molar-refractivity contribution < 1.29 is 13.5 Å². The SMILES string of the molecule is CCc1nc(C)cn1C(CO)CS(=O)(=O)c1ccc(N)cc1. The molecule has 1 unspecified atom stereocenters. The van der Waals surface area contributed by atoms with Gasteiger partial charge >= 0.3 is 0 Å². The molecule has 1 atom stereocenters. The van der Waals surface area contributed by atoms with Gasteiger partial charge in [-0.05, 0) is 31.2 Å². The van der Waals surface area contributed by atoms with E-state index in [1.54, 1.807) is 22.9 Å². The zero-order chi connectivity index (χ0) is 16.3. The van der Waals surface area contributed by atoms with Crippen molar-refractivity contribution in [2.75, 3.05) is 18.1 Å². The fourth-order valence-electron chi connectivity index (χ4n) is 2.39. The minimum atomic E-state index is -3.52. The summed E-state index contributed by atoms with van der Waals surface area (Å²) in [6.45, 7) is 3.52. The molecule has 0 bridgehead atoms. The Morgan fingerprint density at radius 3 is 2.50 bits per heavy atom. The third kappa shape index (κ3) is 3.48. The molecule has 3 N–H and O–H groups in total. The quantitative estimate of drug-likeness (QED) is 0.782. The van der Waals surface area contributed by atoms with Gasteiger partial charge in [-0.1, -0.05) is 6.92 Å². The number of aliphatic hydroxyl groups is 1. The average molecular weight is 323 g/mol. The summed E-state index contributed by atoms with van der Waals surface area (Å²) in [5.74, 6) is 0.583. The van der Waals surface area contributed by atoms with E-state index in [2.05, 4.69) is 4.98 Å². The van der Waals surface area contributed by atoms with Crippen molar-refractivity contribution in [3.63, 3.8) is 0 Å². The zero-order valence-electron chi connectivity index (χ0n) is 12.7. The molecule has 0 saturated heterocycles. The molecule has 1 aromatic carbocycles. The van der Waals surface area contributed by atoms with E-state index in [4.69, 9.17) is 5.73 Å². The molecule has 2 rings (SSSR count). The molecule has 0 amide bonds. The maximum atomic E-state index is 12.5. The Balaban J connectivity index is 2.31. The Bertz CT molecular complexity index is 736. The predicted octanol–water partition coefficient (Wildman–Crippen LogP) is 1.34. The van der Waals surface area contributed by atoms with Crippen LogP contribution < -0.4 is 5.73 Å². The van der Waals surface area contributed by atoms with E-state index in [9.17, 15) is 13.5 Å². The van der Waals surface area contributed by atoms with E-state index in [0.29, 0.717) is 12.1 Å². The molecule has 0 aliphatic carbocycles. The average Bonchev–Trinajstić information content (AvgIpc) is 2.86. The molecule has 0 saturated carbocycles. The Kier molecular flexibility index (Phi) is 4.87. The van der Waals surface area contributed by atoms with Crippen LogP contribution in [0.5, 0.6) is 0 Å². The summed E-state index contributed by atoms with van der Waals surface area (Å²) in [5.41, 5.74) is 6.90. The Morgan fingerprint density at radius 2 is 1.95 bits per heavy atom. The fourth-order valence-corrected chi connectivity index (χ4v) is 3.91. The lowest BCUT2D eigenvalue weighted by molar-refractivity contribution is 0.237. The molecule has 0 spiro atoms. The molecule has 0 aliphatic rings. The van der Waals surface area contributed by atoms with Gasteiger partial charge in [-0.25, -0.2) is 13.4 Å². The second-order valence-electron chi connectivity index (χ2n) is 5.25. The first-order chi connectivity index (χ1) is 10.4. The lowest BCUT2D eigenvalue weighted by Crippen LogP contribution is -2.24. The van der Waals surface area contributed by atoms with E-state index >= 15 is 0 Å². The van der Waals surface area contributed by atoms with Crippen LogP contribution in [0.25, 0.3) is 0 Å². The van der Waals surface area contributed by atoms with Crippen molar-refractivity contribution >= 4 is 15.5 Å². The van der Waals surface area contributed by atoms with Crippen molar-refractivity contribution in [2.45, 2.75) is 31.2 Å². The van der Waals surface area contributed by atoms with Crippen molar-refractivity contribution in [2.24, 2.45) is 0 Å². The molecule has 0 radical (unpaired) electrons. The van der Waals surface area contributed by atoms with Crippen LogP contribution in [0.2, 0.25) is 0 Å². The van der Waals surface area contributed by atoms with Crippen molar-refractivity contribution in [3.8, 4) is 0 Å². The number of nitrogen functional groups attached to an aromatic ring is 1. The second-order valence-corrected chi connectivity index (χ2v) is 7.28. The van der Waals surface area contributed by atoms with Gasteiger partial charge in [-0.15, -0.1) is 0 Å². The van der Waals surface area contributed by atoms with Gasteiger partial charge in [0.2, 0.25) is 0 Å². The highest BCUT2D eigenvalue weighted by atomic mass is 32.2. The number of aryl methyl sites for hydroxylation is 2. The summed E-state index contributed by atoms with van der Waals surface area (Å²) in [4.78, 5) is 4.56. The van der Waals surface area contributed by atoms with Crippen molar-refractivity contribution in [3.05, 3.63) is 42.0 Å². The summed E-state index contributed by atoms with van der Waals surface area (Å²) in [6, 6.07) is 5.52. The van der Waals surface area contributed by atoms with Crippen LogP contribution in [0.15, 0.2) is 35.4 Å². The molecule has 7 heteroatoms. The Labute approximate surface area is 130 Å². The number of nitrogens with zero attached hydrogens (tertiary/aromatic N) is 2. The minimum absolute atomic E-state index is 0.184. The zero-order valence-corrected chi connectivity index (χ0v) is 13.5. The van der Waals surface area contributed by atoms with Crippen LogP contribution >= 0.6 is 0 Å². The monoisotopic (exact) mass is 323 g/mol. The van der Waals surface area contributed by atoms with Gasteiger partial charge in [-0.2, -0.15) is 0 Å². The molecular weight excluding hydrogens is 302 g/mol. The van der Waals surface area contributed by atoms with Crippen LogP contribution in [0, 0.1) is 6.92 Å². The highest BCUT2D eigenvalue weighted by molar-refractivity contribution is 7.91. The maximum absolute atomic E-state index is 12.5. The standard InChI is InChI=1S/C15H21N3O3S/c1-3-15-17-11(2)8-18(15)13(9-19)10-22(20,21)14-6-4-12(16)5-7-14/h4-8,13,19H,3,9-10,16H2,1-2H3. The normalized spacial score (nSPS) is 13.2. The topological polar surface area (TPSA) is 98.2 Å². The van der Waals surface area contributed by atoms with Gasteiger partial charge in [0, 0.05) is 18.3 Å².